The SMILES string of the molecule is CC(=O)N1CCC(NCc2cc(F)c(F)cc2F)CC1. The Balaban J connectivity index is 1.87. The summed E-state index contributed by atoms with van der Waals surface area (Å²) < 4.78 is 39.3. The van der Waals surface area contributed by atoms with Gasteiger partial charge < -0.3 is 10.2 Å². The van der Waals surface area contributed by atoms with Crippen molar-refractivity contribution in [3.8, 4) is 0 Å². The zero-order chi connectivity index (χ0) is 14.7. The van der Waals surface area contributed by atoms with Crippen LogP contribution in [0.2, 0.25) is 0 Å². The molecule has 1 fully saturated rings. The number of carbonyl (C=O) groups is 1. The number of hydrogen-bond acceptors (Lipinski definition) is 2. The number of piperidine rings is 1. The molecule has 6 heteroatoms. The fraction of sp³-hybridized carbons (Fsp3) is 0.500. The third-order valence-corrected chi connectivity index (χ3v) is 3.61. The van der Waals surface area contributed by atoms with Gasteiger partial charge in [0.25, 0.3) is 0 Å². The summed E-state index contributed by atoms with van der Waals surface area (Å²) in [5.74, 6) is -2.93. The quantitative estimate of drug-likeness (QED) is 0.864. The van der Waals surface area contributed by atoms with Gasteiger partial charge in [0.05, 0.1) is 0 Å². The van der Waals surface area contributed by atoms with E-state index in [1.165, 1.54) is 6.92 Å². The molecule has 3 nitrogen and oxygen atoms in total. The van der Waals surface area contributed by atoms with E-state index in [9.17, 15) is 18.0 Å². The number of amides is 1. The second-order valence-electron chi connectivity index (χ2n) is 5.02. The third kappa shape index (κ3) is 3.50. The van der Waals surface area contributed by atoms with E-state index >= 15 is 0 Å². The molecule has 20 heavy (non-hydrogen) atoms. The maximum atomic E-state index is 13.5. The molecule has 0 unspecified atom stereocenters. The maximum Gasteiger partial charge on any atom is 0.219 e. The Morgan fingerprint density at radius 2 is 1.80 bits per heavy atom. The van der Waals surface area contributed by atoms with Gasteiger partial charge in [-0.1, -0.05) is 0 Å². The predicted octanol–water partition coefficient (Wildman–Crippen LogP) is 2.20. The van der Waals surface area contributed by atoms with Crippen LogP contribution in [0.4, 0.5) is 13.2 Å². The number of hydrogen-bond donors (Lipinski definition) is 1. The maximum absolute atomic E-state index is 13.5. The zero-order valence-corrected chi connectivity index (χ0v) is 11.3. The van der Waals surface area contributed by atoms with Crippen LogP contribution >= 0.6 is 0 Å². The molecule has 0 spiro atoms. The summed E-state index contributed by atoms with van der Waals surface area (Å²) in [6, 6.07) is 1.59. The van der Waals surface area contributed by atoms with Gasteiger partial charge in [-0.25, -0.2) is 13.2 Å². The van der Waals surface area contributed by atoms with Crippen LogP contribution in [0.15, 0.2) is 12.1 Å². The average molecular weight is 286 g/mol. The largest absolute Gasteiger partial charge is 0.343 e. The summed E-state index contributed by atoms with van der Waals surface area (Å²) in [5, 5.41) is 3.12. The topological polar surface area (TPSA) is 32.3 Å². The third-order valence-electron chi connectivity index (χ3n) is 3.61. The van der Waals surface area contributed by atoms with Crippen LogP contribution in [0, 0.1) is 17.5 Å². The first-order chi connectivity index (χ1) is 9.47. The molecule has 110 valence electrons. The zero-order valence-electron chi connectivity index (χ0n) is 11.3. The minimum atomic E-state index is -1.18. The molecule has 0 bridgehead atoms. The fourth-order valence-electron chi connectivity index (χ4n) is 2.35. The Hall–Kier alpha value is -1.56. The molecule has 0 aliphatic carbocycles. The molecule has 0 radical (unpaired) electrons. The molecular formula is C14H17F3N2O. The summed E-state index contributed by atoms with van der Waals surface area (Å²) >= 11 is 0. The monoisotopic (exact) mass is 286 g/mol. The highest BCUT2D eigenvalue weighted by atomic mass is 19.2. The molecule has 1 N–H and O–H groups in total. The summed E-state index contributed by atoms with van der Waals surface area (Å²) in [6.07, 6.45) is 1.54. The Kier molecular flexibility index (Phi) is 4.65. The molecule has 0 aromatic heterocycles. The molecule has 1 aliphatic rings. The van der Waals surface area contributed by atoms with E-state index in [0.717, 1.165) is 18.9 Å². The van der Waals surface area contributed by atoms with Gasteiger partial charge in [-0.15, -0.1) is 0 Å². The second-order valence-corrected chi connectivity index (χ2v) is 5.02. The van der Waals surface area contributed by atoms with Gasteiger partial charge in [-0.2, -0.15) is 0 Å². The Labute approximate surface area is 115 Å². The van der Waals surface area contributed by atoms with Gasteiger partial charge >= 0.3 is 0 Å². The van der Waals surface area contributed by atoms with Crippen molar-refractivity contribution in [1.29, 1.82) is 0 Å². The second kappa shape index (κ2) is 6.26. The molecule has 1 aliphatic heterocycles. The fourth-order valence-corrected chi connectivity index (χ4v) is 2.35. The standard InChI is InChI=1S/C14H17F3N2O/c1-9(20)19-4-2-11(3-5-19)18-8-10-6-13(16)14(17)7-12(10)15/h6-7,11,18H,2-5,8H2,1H3. The molecule has 1 amide bonds. The van der Waals surface area contributed by atoms with Gasteiger partial charge in [0.2, 0.25) is 5.91 Å². The van der Waals surface area contributed by atoms with E-state index in [1.54, 1.807) is 4.90 Å². The first-order valence-corrected chi connectivity index (χ1v) is 6.59. The summed E-state index contributed by atoms with van der Waals surface area (Å²) in [6.45, 7) is 3.00. The van der Waals surface area contributed by atoms with Crippen molar-refractivity contribution in [2.75, 3.05) is 13.1 Å². The van der Waals surface area contributed by atoms with Crippen molar-refractivity contribution >= 4 is 5.91 Å². The molecule has 1 saturated heterocycles. The number of carbonyl (C=O) groups excluding carboxylic acids is 1. The number of nitrogens with zero attached hydrogens (tertiary/aromatic N) is 1. The van der Waals surface area contributed by atoms with Crippen LogP contribution in [-0.2, 0) is 11.3 Å². The minimum Gasteiger partial charge on any atom is -0.343 e. The molecule has 1 aromatic carbocycles. The van der Waals surface area contributed by atoms with Gasteiger partial charge in [0.1, 0.15) is 5.82 Å². The Morgan fingerprint density at radius 1 is 1.20 bits per heavy atom. The Morgan fingerprint density at radius 3 is 2.40 bits per heavy atom. The van der Waals surface area contributed by atoms with Gasteiger partial charge in [-0.05, 0) is 18.9 Å². The van der Waals surface area contributed by atoms with Crippen molar-refractivity contribution in [2.24, 2.45) is 0 Å². The van der Waals surface area contributed by atoms with Crippen molar-refractivity contribution in [1.82, 2.24) is 10.2 Å². The van der Waals surface area contributed by atoms with Crippen LogP contribution in [-0.4, -0.2) is 29.9 Å². The summed E-state index contributed by atoms with van der Waals surface area (Å²) in [7, 11) is 0. The lowest BCUT2D eigenvalue weighted by molar-refractivity contribution is -0.129. The normalized spacial score (nSPS) is 16.5. The number of halogens is 3. The van der Waals surface area contributed by atoms with Gasteiger partial charge in [0.15, 0.2) is 11.6 Å². The van der Waals surface area contributed by atoms with Crippen LogP contribution in [0.5, 0.6) is 0 Å². The van der Waals surface area contributed by atoms with Gasteiger partial charge in [0, 0.05) is 44.2 Å². The van der Waals surface area contributed by atoms with E-state index in [0.29, 0.717) is 19.2 Å². The highest BCUT2D eigenvalue weighted by Crippen LogP contribution is 2.15. The van der Waals surface area contributed by atoms with E-state index in [1.807, 2.05) is 0 Å². The number of likely N-dealkylation sites (tertiary alicyclic amines) is 1. The van der Waals surface area contributed by atoms with Crippen molar-refractivity contribution < 1.29 is 18.0 Å². The average Bonchev–Trinajstić information content (AvgIpc) is 2.42. The number of rotatable bonds is 3. The van der Waals surface area contributed by atoms with Crippen LogP contribution in [0.25, 0.3) is 0 Å². The Bertz CT molecular complexity index is 499. The molecule has 1 heterocycles. The van der Waals surface area contributed by atoms with E-state index < -0.39 is 17.5 Å². The van der Waals surface area contributed by atoms with Crippen molar-refractivity contribution in [2.45, 2.75) is 32.4 Å². The lowest BCUT2D eigenvalue weighted by Crippen LogP contribution is -2.44. The predicted molar refractivity (Wildman–Crippen MR) is 68.4 cm³/mol. The first kappa shape index (κ1) is 14.8. The number of benzene rings is 1. The van der Waals surface area contributed by atoms with E-state index in [2.05, 4.69) is 5.32 Å². The van der Waals surface area contributed by atoms with E-state index in [4.69, 9.17) is 0 Å². The van der Waals surface area contributed by atoms with Crippen LogP contribution in [0.1, 0.15) is 25.3 Å². The van der Waals surface area contributed by atoms with Crippen molar-refractivity contribution in [3.05, 3.63) is 35.1 Å². The highest BCUT2D eigenvalue weighted by Gasteiger charge is 2.20. The molecular weight excluding hydrogens is 269 g/mol. The minimum absolute atomic E-state index is 0.0510. The smallest absolute Gasteiger partial charge is 0.219 e. The number of nitrogens with one attached hydrogen (secondary N) is 1. The first-order valence-electron chi connectivity index (χ1n) is 6.59. The summed E-state index contributed by atoms with van der Waals surface area (Å²) in [4.78, 5) is 12.9. The molecule has 0 saturated carbocycles. The summed E-state index contributed by atoms with van der Waals surface area (Å²) in [5.41, 5.74) is 0.109. The van der Waals surface area contributed by atoms with Crippen LogP contribution < -0.4 is 5.32 Å². The van der Waals surface area contributed by atoms with Crippen LogP contribution in [0.3, 0.4) is 0 Å². The van der Waals surface area contributed by atoms with E-state index in [-0.39, 0.29) is 24.1 Å². The lowest BCUT2D eigenvalue weighted by atomic mass is 10.0. The highest BCUT2D eigenvalue weighted by molar-refractivity contribution is 5.73. The van der Waals surface area contributed by atoms with Crippen molar-refractivity contribution in [3.63, 3.8) is 0 Å². The molecule has 2 rings (SSSR count). The molecule has 0 atom stereocenters. The lowest BCUT2D eigenvalue weighted by Gasteiger charge is -2.31. The molecule has 1 aromatic rings. The van der Waals surface area contributed by atoms with Gasteiger partial charge in [-0.3, -0.25) is 4.79 Å².